The molecule has 100 valence electrons. The smallest absolute Gasteiger partial charge is 0.317 e. The average molecular weight is 259 g/mol. The number of para-hydroxylation sites is 2. The number of aryl methyl sites for hydroxylation is 1. The van der Waals surface area contributed by atoms with E-state index in [4.69, 9.17) is 0 Å². The van der Waals surface area contributed by atoms with Gasteiger partial charge < -0.3 is 9.88 Å². The molecule has 1 aliphatic heterocycles. The standard InChI is InChI=1S/C14H17N3O2/c1-16-11-4-2-3-5-12(11)17(14(19)13(16)18)10-6-8-15-9-7-10/h2-5,10,15H,6-9H2,1H3. The van der Waals surface area contributed by atoms with Gasteiger partial charge in [-0.2, -0.15) is 0 Å². The Kier molecular flexibility index (Phi) is 2.98. The molecule has 19 heavy (non-hydrogen) atoms. The zero-order valence-electron chi connectivity index (χ0n) is 10.9. The summed E-state index contributed by atoms with van der Waals surface area (Å²) in [4.78, 5) is 24.4. The summed E-state index contributed by atoms with van der Waals surface area (Å²) in [5.74, 6) is 0. The van der Waals surface area contributed by atoms with Crippen molar-refractivity contribution in [3.8, 4) is 0 Å². The molecule has 1 aromatic heterocycles. The van der Waals surface area contributed by atoms with Crippen molar-refractivity contribution in [2.75, 3.05) is 13.1 Å². The van der Waals surface area contributed by atoms with Crippen LogP contribution in [0.25, 0.3) is 11.0 Å². The Bertz CT molecular complexity index is 724. The van der Waals surface area contributed by atoms with Crippen molar-refractivity contribution in [3.63, 3.8) is 0 Å². The molecule has 5 heteroatoms. The van der Waals surface area contributed by atoms with E-state index in [2.05, 4.69) is 5.32 Å². The van der Waals surface area contributed by atoms with E-state index < -0.39 is 11.1 Å². The van der Waals surface area contributed by atoms with E-state index in [1.165, 1.54) is 4.57 Å². The normalized spacial score (nSPS) is 16.9. The molecule has 0 amide bonds. The lowest BCUT2D eigenvalue weighted by molar-refractivity contribution is 0.366. The summed E-state index contributed by atoms with van der Waals surface area (Å²) in [5, 5.41) is 3.28. The number of nitrogens with zero attached hydrogens (tertiary/aromatic N) is 2. The van der Waals surface area contributed by atoms with Crippen molar-refractivity contribution >= 4 is 11.0 Å². The van der Waals surface area contributed by atoms with E-state index in [1.807, 2.05) is 24.3 Å². The number of aromatic nitrogens is 2. The van der Waals surface area contributed by atoms with Crippen LogP contribution in [0.3, 0.4) is 0 Å². The number of piperidine rings is 1. The predicted octanol–water partition coefficient (Wildman–Crippen LogP) is 0.625. The van der Waals surface area contributed by atoms with Crippen molar-refractivity contribution in [2.24, 2.45) is 7.05 Å². The first-order valence-corrected chi connectivity index (χ1v) is 6.61. The molecular formula is C14H17N3O2. The first-order chi connectivity index (χ1) is 9.20. The van der Waals surface area contributed by atoms with Crippen LogP contribution in [-0.2, 0) is 7.05 Å². The second kappa shape index (κ2) is 4.66. The first-order valence-electron chi connectivity index (χ1n) is 6.61. The number of rotatable bonds is 1. The third-order valence-corrected chi connectivity index (χ3v) is 3.88. The van der Waals surface area contributed by atoms with E-state index in [9.17, 15) is 9.59 Å². The minimum Gasteiger partial charge on any atom is -0.317 e. The van der Waals surface area contributed by atoms with Crippen LogP contribution in [0.5, 0.6) is 0 Å². The van der Waals surface area contributed by atoms with Crippen LogP contribution >= 0.6 is 0 Å². The molecule has 1 fully saturated rings. The van der Waals surface area contributed by atoms with E-state index in [-0.39, 0.29) is 6.04 Å². The Hall–Kier alpha value is -1.88. The van der Waals surface area contributed by atoms with Crippen LogP contribution in [0.1, 0.15) is 18.9 Å². The van der Waals surface area contributed by atoms with Gasteiger partial charge in [0.15, 0.2) is 0 Å². The molecule has 0 atom stereocenters. The molecule has 5 nitrogen and oxygen atoms in total. The molecule has 2 heterocycles. The Balaban J connectivity index is 2.34. The van der Waals surface area contributed by atoms with Crippen LogP contribution in [0.2, 0.25) is 0 Å². The molecule has 1 saturated heterocycles. The summed E-state index contributed by atoms with van der Waals surface area (Å²) >= 11 is 0. The van der Waals surface area contributed by atoms with Crippen molar-refractivity contribution < 1.29 is 0 Å². The van der Waals surface area contributed by atoms with Crippen LogP contribution < -0.4 is 16.4 Å². The number of hydrogen-bond acceptors (Lipinski definition) is 3. The predicted molar refractivity (Wildman–Crippen MR) is 74.6 cm³/mol. The van der Waals surface area contributed by atoms with Gasteiger partial charge in [-0.1, -0.05) is 12.1 Å². The van der Waals surface area contributed by atoms with E-state index in [0.717, 1.165) is 37.0 Å². The summed E-state index contributed by atoms with van der Waals surface area (Å²) in [6.07, 6.45) is 1.77. The highest BCUT2D eigenvalue weighted by molar-refractivity contribution is 5.75. The third-order valence-electron chi connectivity index (χ3n) is 3.88. The maximum Gasteiger partial charge on any atom is 0.317 e. The Labute approximate surface area is 110 Å². The van der Waals surface area contributed by atoms with Gasteiger partial charge in [0.25, 0.3) is 0 Å². The summed E-state index contributed by atoms with van der Waals surface area (Å²) in [6.45, 7) is 1.78. The van der Waals surface area contributed by atoms with E-state index in [0.29, 0.717) is 0 Å². The fourth-order valence-corrected chi connectivity index (χ4v) is 2.84. The van der Waals surface area contributed by atoms with Crippen LogP contribution in [-0.4, -0.2) is 22.2 Å². The lowest BCUT2D eigenvalue weighted by Gasteiger charge is -2.26. The highest BCUT2D eigenvalue weighted by Gasteiger charge is 2.20. The average Bonchev–Trinajstić information content (AvgIpc) is 2.46. The zero-order chi connectivity index (χ0) is 13.4. The van der Waals surface area contributed by atoms with Gasteiger partial charge in [-0.25, -0.2) is 0 Å². The summed E-state index contributed by atoms with van der Waals surface area (Å²) in [7, 11) is 1.65. The molecule has 3 rings (SSSR count). The first kappa shape index (κ1) is 12.2. The minimum absolute atomic E-state index is 0.118. The highest BCUT2D eigenvalue weighted by Crippen LogP contribution is 2.21. The topological polar surface area (TPSA) is 56.0 Å². The summed E-state index contributed by atoms with van der Waals surface area (Å²) < 4.78 is 3.13. The Morgan fingerprint density at radius 1 is 1.05 bits per heavy atom. The second-order valence-electron chi connectivity index (χ2n) is 5.01. The SMILES string of the molecule is Cn1c(=O)c(=O)n(C2CCNCC2)c2ccccc21. The second-order valence-corrected chi connectivity index (χ2v) is 5.01. The highest BCUT2D eigenvalue weighted by atomic mass is 16.2. The molecule has 2 aromatic rings. The zero-order valence-corrected chi connectivity index (χ0v) is 10.9. The molecule has 0 bridgehead atoms. The lowest BCUT2D eigenvalue weighted by atomic mass is 10.1. The van der Waals surface area contributed by atoms with Gasteiger partial charge in [-0.15, -0.1) is 0 Å². The minimum atomic E-state index is -0.447. The molecule has 1 N–H and O–H groups in total. The van der Waals surface area contributed by atoms with Gasteiger partial charge in [-0.3, -0.25) is 14.2 Å². The van der Waals surface area contributed by atoms with Crippen molar-refractivity contribution in [2.45, 2.75) is 18.9 Å². The number of nitrogens with one attached hydrogen (secondary N) is 1. The van der Waals surface area contributed by atoms with E-state index in [1.54, 1.807) is 11.6 Å². The molecule has 0 saturated carbocycles. The summed E-state index contributed by atoms with van der Waals surface area (Å²) in [5.41, 5.74) is 0.803. The maximum absolute atomic E-state index is 12.3. The maximum atomic E-state index is 12.3. The molecule has 0 spiro atoms. The number of benzene rings is 1. The molecule has 0 unspecified atom stereocenters. The summed E-state index contributed by atoms with van der Waals surface area (Å²) in [6, 6.07) is 7.71. The number of hydrogen-bond donors (Lipinski definition) is 1. The van der Waals surface area contributed by atoms with Gasteiger partial charge >= 0.3 is 11.1 Å². The van der Waals surface area contributed by atoms with Gasteiger partial charge in [-0.05, 0) is 38.1 Å². The molecule has 0 aliphatic carbocycles. The third kappa shape index (κ3) is 1.90. The number of fused-ring (bicyclic) bond motifs is 1. The van der Waals surface area contributed by atoms with Crippen molar-refractivity contribution in [3.05, 3.63) is 45.0 Å². The lowest BCUT2D eigenvalue weighted by Crippen LogP contribution is -2.44. The Morgan fingerprint density at radius 2 is 1.68 bits per heavy atom. The molecule has 1 aromatic carbocycles. The van der Waals surface area contributed by atoms with Crippen molar-refractivity contribution in [1.82, 2.24) is 14.5 Å². The van der Waals surface area contributed by atoms with Gasteiger partial charge in [0.05, 0.1) is 11.0 Å². The largest absolute Gasteiger partial charge is 0.317 e. The van der Waals surface area contributed by atoms with Crippen LogP contribution in [0.4, 0.5) is 0 Å². The van der Waals surface area contributed by atoms with E-state index >= 15 is 0 Å². The quantitative estimate of drug-likeness (QED) is 0.764. The molecule has 0 radical (unpaired) electrons. The van der Waals surface area contributed by atoms with Gasteiger partial charge in [0.2, 0.25) is 0 Å². The fraction of sp³-hybridized carbons (Fsp3) is 0.429. The Morgan fingerprint density at radius 3 is 2.37 bits per heavy atom. The van der Waals surface area contributed by atoms with Crippen LogP contribution in [0, 0.1) is 0 Å². The molecule has 1 aliphatic rings. The van der Waals surface area contributed by atoms with Gasteiger partial charge in [0, 0.05) is 13.1 Å². The fourth-order valence-electron chi connectivity index (χ4n) is 2.84. The van der Waals surface area contributed by atoms with Gasteiger partial charge in [0.1, 0.15) is 0 Å². The van der Waals surface area contributed by atoms with Crippen LogP contribution in [0.15, 0.2) is 33.9 Å². The van der Waals surface area contributed by atoms with Crippen molar-refractivity contribution in [1.29, 1.82) is 0 Å². The molecular weight excluding hydrogens is 242 g/mol. The monoisotopic (exact) mass is 259 g/mol.